The minimum Gasteiger partial charge on any atom is -0.467 e. The normalized spacial score (nSPS) is 20.3. The second kappa shape index (κ2) is 6.81. The molecule has 0 spiro atoms. The Kier molecular flexibility index (Phi) is 5.08. The summed E-state index contributed by atoms with van der Waals surface area (Å²) in [7, 11) is 1.36. The van der Waals surface area contributed by atoms with E-state index in [1.165, 1.54) is 7.11 Å². The van der Waals surface area contributed by atoms with Gasteiger partial charge in [-0.25, -0.2) is 4.79 Å². The van der Waals surface area contributed by atoms with Crippen molar-refractivity contribution < 1.29 is 18.8 Å². The zero-order chi connectivity index (χ0) is 14.5. The molecule has 1 atom stereocenters. The molecule has 2 rings (SSSR count). The Bertz CT molecular complexity index is 447. The molecule has 0 N–H and O–H groups in total. The molecular formula is C13H21N3O4. The molecule has 7 heteroatoms. The van der Waals surface area contributed by atoms with E-state index in [0.29, 0.717) is 37.3 Å². The van der Waals surface area contributed by atoms with E-state index >= 15 is 0 Å². The van der Waals surface area contributed by atoms with Gasteiger partial charge in [-0.2, -0.15) is 4.98 Å². The molecule has 1 saturated heterocycles. The number of morpholine rings is 1. The fraction of sp³-hybridized carbons (Fsp3) is 0.769. The number of carbonyl (C=O) groups is 1. The van der Waals surface area contributed by atoms with Crippen molar-refractivity contribution in [3.63, 3.8) is 0 Å². The molecule has 0 aliphatic carbocycles. The Morgan fingerprint density at radius 1 is 1.55 bits per heavy atom. The van der Waals surface area contributed by atoms with E-state index in [2.05, 4.69) is 28.9 Å². The smallest absolute Gasteiger partial charge is 0.336 e. The van der Waals surface area contributed by atoms with Crippen LogP contribution in [0.3, 0.4) is 0 Å². The van der Waals surface area contributed by atoms with Gasteiger partial charge >= 0.3 is 5.97 Å². The number of ether oxygens (including phenoxy) is 2. The van der Waals surface area contributed by atoms with E-state index in [1.54, 1.807) is 0 Å². The average Bonchev–Trinajstić information content (AvgIpc) is 2.84. The monoisotopic (exact) mass is 283 g/mol. The number of carbonyl (C=O) groups excluding carboxylic acids is 1. The topological polar surface area (TPSA) is 77.7 Å². The highest BCUT2D eigenvalue weighted by Gasteiger charge is 2.28. The summed E-state index contributed by atoms with van der Waals surface area (Å²) in [5.41, 5.74) is 0. The highest BCUT2D eigenvalue weighted by Crippen LogP contribution is 2.11. The number of nitrogens with zero attached hydrogens (tertiary/aromatic N) is 3. The minimum atomic E-state index is -0.532. The van der Waals surface area contributed by atoms with Gasteiger partial charge in [-0.05, 0) is 5.92 Å². The fourth-order valence-electron chi connectivity index (χ4n) is 2.11. The van der Waals surface area contributed by atoms with Crippen LogP contribution < -0.4 is 0 Å². The van der Waals surface area contributed by atoms with Gasteiger partial charge in [0.2, 0.25) is 5.89 Å². The van der Waals surface area contributed by atoms with Gasteiger partial charge in [0, 0.05) is 19.5 Å². The maximum atomic E-state index is 11.5. The molecule has 1 fully saturated rings. The predicted molar refractivity (Wildman–Crippen MR) is 69.9 cm³/mol. The van der Waals surface area contributed by atoms with E-state index in [9.17, 15) is 4.79 Å². The summed E-state index contributed by atoms with van der Waals surface area (Å²) in [5.74, 6) is 1.44. The standard InChI is InChI=1S/C13H21N3O4/c1-9(2)6-12-14-11(15-20-12)8-16-4-5-19-10(7-16)13(17)18-3/h9-10H,4-8H2,1-3H3. The summed E-state index contributed by atoms with van der Waals surface area (Å²) in [6.45, 7) is 6.48. The van der Waals surface area contributed by atoms with Gasteiger partial charge in [-0.1, -0.05) is 19.0 Å². The maximum Gasteiger partial charge on any atom is 0.336 e. The molecule has 1 aliphatic rings. The molecule has 0 bridgehead atoms. The molecule has 1 unspecified atom stereocenters. The summed E-state index contributed by atoms with van der Waals surface area (Å²) >= 11 is 0. The summed E-state index contributed by atoms with van der Waals surface area (Å²) in [4.78, 5) is 17.9. The lowest BCUT2D eigenvalue weighted by Crippen LogP contribution is -2.46. The molecule has 2 heterocycles. The second-order valence-corrected chi connectivity index (χ2v) is 5.32. The summed E-state index contributed by atoms with van der Waals surface area (Å²) in [5, 5.41) is 3.97. The molecule has 20 heavy (non-hydrogen) atoms. The first-order valence-electron chi connectivity index (χ1n) is 6.81. The molecule has 112 valence electrons. The molecule has 0 radical (unpaired) electrons. The minimum absolute atomic E-state index is 0.344. The van der Waals surface area contributed by atoms with E-state index < -0.39 is 6.10 Å². The third-order valence-corrected chi connectivity index (χ3v) is 3.07. The highest BCUT2D eigenvalue weighted by atomic mass is 16.6. The van der Waals surface area contributed by atoms with E-state index in [4.69, 9.17) is 14.0 Å². The third-order valence-electron chi connectivity index (χ3n) is 3.07. The highest BCUT2D eigenvalue weighted by molar-refractivity contribution is 5.74. The van der Waals surface area contributed by atoms with Crippen molar-refractivity contribution in [3.8, 4) is 0 Å². The van der Waals surface area contributed by atoms with Gasteiger partial charge in [0.1, 0.15) is 0 Å². The number of aromatic nitrogens is 2. The summed E-state index contributed by atoms with van der Waals surface area (Å²) < 4.78 is 15.3. The molecule has 0 saturated carbocycles. The zero-order valence-corrected chi connectivity index (χ0v) is 12.2. The zero-order valence-electron chi connectivity index (χ0n) is 12.2. The molecule has 0 amide bonds. The van der Waals surface area contributed by atoms with Gasteiger partial charge in [-0.15, -0.1) is 0 Å². The van der Waals surface area contributed by atoms with Crippen molar-refractivity contribution in [3.05, 3.63) is 11.7 Å². The van der Waals surface area contributed by atoms with Gasteiger partial charge in [0.15, 0.2) is 11.9 Å². The van der Waals surface area contributed by atoms with Crippen LogP contribution in [0.15, 0.2) is 4.52 Å². The Morgan fingerprint density at radius 3 is 3.05 bits per heavy atom. The van der Waals surface area contributed by atoms with Gasteiger partial charge in [-0.3, -0.25) is 4.90 Å². The van der Waals surface area contributed by atoms with Gasteiger partial charge in [0.25, 0.3) is 0 Å². The van der Waals surface area contributed by atoms with Crippen molar-refractivity contribution in [1.82, 2.24) is 15.0 Å². The number of esters is 1. The van der Waals surface area contributed by atoms with Crippen molar-refractivity contribution in [2.45, 2.75) is 32.9 Å². The Morgan fingerprint density at radius 2 is 2.35 bits per heavy atom. The molecule has 1 aliphatic heterocycles. The van der Waals surface area contributed by atoms with Crippen LogP contribution in [0.25, 0.3) is 0 Å². The molecule has 1 aromatic heterocycles. The Labute approximate surface area is 118 Å². The second-order valence-electron chi connectivity index (χ2n) is 5.32. The number of hydrogen-bond donors (Lipinski definition) is 0. The Balaban J connectivity index is 1.89. The first-order valence-corrected chi connectivity index (χ1v) is 6.81. The fourth-order valence-corrected chi connectivity index (χ4v) is 2.11. The predicted octanol–water partition coefficient (Wildman–Crippen LogP) is 0.642. The number of rotatable bonds is 5. The van der Waals surface area contributed by atoms with Crippen molar-refractivity contribution in [2.75, 3.05) is 26.8 Å². The molecule has 1 aromatic rings. The SMILES string of the molecule is COC(=O)C1CN(Cc2noc(CC(C)C)n2)CCO1. The third kappa shape index (κ3) is 4.01. The number of hydrogen-bond acceptors (Lipinski definition) is 7. The molecule has 0 aromatic carbocycles. The van der Waals surface area contributed by atoms with Crippen LogP contribution in [0.5, 0.6) is 0 Å². The van der Waals surface area contributed by atoms with Gasteiger partial charge < -0.3 is 14.0 Å². The van der Waals surface area contributed by atoms with Crippen molar-refractivity contribution >= 4 is 5.97 Å². The van der Waals surface area contributed by atoms with E-state index in [-0.39, 0.29) is 5.97 Å². The quantitative estimate of drug-likeness (QED) is 0.734. The van der Waals surface area contributed by atoms with Crippen LogP contribution in [0.2, 0.25) is 0 Å². The lowest BCUT2D eigenvalue weighted by atomic mass is 10.1. The first-order chi connectivity index (χ1) is 9.58. The maximum absolute atomic E-state index is 11.5. The summed E-state index contributed by atoms with van der Waals surface area (Å²) in [6.07, 6.45) is 0.247. The van der Waals surface area contributed by atoms with Crippen LogP contribution in [0.1, 0.15) is 25.6 Å². The lowest BCUT2D eigenvalue weighted by molar-refractivity contribution is -0.160. The first kappa shape index (κ1) is 14.9. The molecular weight excluding hydrogens is 262 g/mol. The van der Waals surface area contributed by atoms with E-state index in [1.807, 2.05) is 0 Å². The van der Waals surface area contributed by atoms with Gasteiger partial charge in [0.05, 0.1) is 20.3 Å². The van der Waals surface area contributed by atoms with Crippen LogP contribution >= 0.6 is 0 Å². The van der Waals surface area contributed by atoms with E-state index in [0.717, 1.165) is 13.0 Å². The van der Waals surface area contributed by atoms with Crippen LogP contribution in [-0.2, 0) is 27.2 Å². The number of methoxy groups -OCH3 is 1. The van der Waals surface area contributed by atoms with Crippen molar-refractivity contribution in [1.29, 1.82) is 0 Å². The lowest BCUT2D eigenvalue weighted by Gasteiger charge is -2.30. The Hall–Kier alpha value is -1.47. The van der Waals surface area contributed by atoms with Crippen molar-refractivity contribution in [2.24, 2.45) is 5.92 Å². The van der Waals surface area contributed by atoms with Crippen LogP contribution in [0.4, 0.5) is 0 Å². The molecule has 7 nitrogen and oxygen atoms in total. The van der Waals surface area contributed by atoms with Crippen LogP contribution in [-0.4, -0.2) is 53.9 Å². The average molecular weight is 283 g/mol. The summed E-state index contributed by atoms with van der Waals surface area (Å²) in [6, 6.07) is 0. The van der Waals surface area contributed by atoms with Crippen LogP contribution in [0, 0.1) is 5.92 Å². The largest absolute Gasteiger partial charge is 0.467 e.